The van der Waals surface area contributed by atoms with E-state index in [1.54, 1.807) is 12.3 Å². The van der Waals surface area contributed by atoms with Crippen molar-refractivity contribution in [2.75, 3.05) is 18.0 Å². The first-order valence-electron chi connectivity index (χ1n) is 12.8. The molecule has 1 aromatic carbocycles. The number of pyridine rings is 2. The smallest absolute Gasteiger partial charge is 0.333 e. The lowest BCUT2D eigenvalue weighted by Crippen LogP contribution is -2.68. The van der Waals surface area contributed by atoms with Gasteiger partial charge in [-0.2, -0.15) is 19.1 Å². The zero-order chi connectivity index (χ0) is 27.8. The van der Waals surface area contributed by atoms with Crippen LogP contribution in [0.1, 0.15) is 24.2 Å². The van der Waals surface area contributed by atoms with Gasteiger partial charge in [-0.3, -0.25) is 9.88 Å². The van der Waals surface area contributed by atoms with E-state index in [9.17, 15) is 14.0 Å². The molecule has 2 bridgehead atoms. The number of anilines is 1. The topological polar surface area (TPSA) is 99.9 Å². The Balaban J connectivity index is 1.23. The molecule has 3 aromatic heterocycles. The first kappa shape index (κ1) is 26.0. The van der Waals surface area contributed by atoms with E-state index in [-0.39, 0.29) is 5.57 Å². The predicted octanol–water partition coefficient (Wildman–Crippen LogP) is 4.98. The fourth-order valence-electron chi connectivity index (χ4n) is 5.50. The fourth-order valence-corrected chi connectivity index (χ4v) is 5.65. The largest absolute Gasteiger partial charge is 0.403 e. The highest BCUT2D eigenvalue weighted by atomic mass is 32.1. The summed E-state index contributed by atoms with van der Waals surface area (Å²) >= 11 is 4.38. The van der Waals surface area contributed by atoms with E-state index in [1.165, 1.54) is 36.8 Å². The number of halogens is 2. The third-order valence-corrected chi connectivity index (χ3v) is 7.89. The number of thiol groups is 1. The van der Waals surface area contributed by atoms with Crippen LogP contribution in [-0.4, -0.2) is 49.8 Å². The standard InChI is InChI=1S/C29H26F2N8S/c30-29(31)39-15-22(13-36-39)20-7-26(28(35-12-20)21(9-32)10-33)19-3-6-27(34-11-19)37-16-23-8-24(17-37)38(23)14-18-1-4-25(40)5-2-18/h1-7,9,11-13,15,23-24,29,40H,8,14,16-17,32H2. The Morgan fingerprint density at radius 3 is 2.42 bits per heavy atom. The number of nitrogens with two attached hydrogens (primary N) is 1. The molecule has 0 amide bonds. The summed E-state index contributed by atoms with van der Waals surface area (Å²) < 4.78 is 26.7. The van der Waals surface area contributed by atoms with E-state index in [0.717, 1.165) is 35.9 Å². The lowest BCUT2D eigenvalue weighted by molar-refractivity contribution is -0.00869. The Bertz CT molecular complexity index is 1580. The summed E-state index contributed by atoms with van der Waals surface area (Å²) in [6.45, 7) is -0.00591. The van der Waals surface area contributed by atoms with Gasteiger partial charge in [-0.05, 0) is 42.3 Å². The Kier molecular flexibility index (Phi) is 6.96. The number of hydrogen-bond donors (Lipinski definition) is 2. The molecular weight excluding hydrogens is 530 g/mol. The number of allylic oxidation sites excluding steroid dienone is 1. The average Bonchev–Trinajstić information content (AvgIpc) is 3.49. The summed E-state index contributed by atoms with van der Waals surface area (Å²) in [5, 5.41) is 13.3. The van der Waals surface area contributed by atoms with Crippen molar-refractivity contribution in [3.8, 4) is 28.3 Å². The van der Waals surface area contributed by atoms with Gasteiger partial charge in [0.2, 0.25) is 0 Å². The molecule has 2 unspecified atom stereocenters. The summed E-state index contributed by atoms with van der Waals surface area (Å²) in [6.07, 6.45) is 8.29. The Labute approximate surface area is 235 Å². The zero-order valence-corrected chi connectivity index (χ0v) is 22.3. The summed E-state index contributed by atoms with van der Waals surface area (Å²) in [5.41, 5.74) is 10.0. The van der Waals surface area contributed by atoms with Crippen LogP contribution in [-0.2, 0) is 6.54 Å². The van der Waals surface area contributed by atoms with Crippen molar-refractivity contribution in [1.82, 2.24) is 24.6 Å². The zero-order valence-electron chi connectivity index (χ0n) is 21.4. The quantitative estimate of drug-likeness (QED) is 0.245. The van der Waals surface area contributed by atoms with Crippen LogP contribution in [0, 0.1) is 11.3 Å². The Morgan fingerprint density at radius 2 is 1.80 bits per heavy atom. The van der Waals surface area contributed by atoms with Gasteiger partial charge in [0.1, 0.15) is 11.9 Å². The van der Waals surface area contributed by atoms with Crippen molar-refractivity contribution in [2.24, 2.45) is 5.73 Å². The maximum Gasteiger partial charge on any atom is 0.333 e. The van der Waals surface area contributed by atoms with Gasteiger partial charge in [0.25, 0.3) is 0 Å². The molecule has 0 radical (unpaired) electrons. The minimum Gasteiger partial charge on any atom is -0.403 e. The Morgan fingerprint density at radius 1 is 1.05 bits per heavy atom. The maximum absolute atomic E-state index is 13.1. The number of benzene rings is 1. The third kappa shape index (κ3) is 4.92. The van der Waals surface area contributed by atoms with Crippen LogP contribution in [0.3, 0.4) is 0 Å². The van der Waals surface area contributed by atoms with Crippen LogP contribution in [0.5, 0.6) is 0 Å². The fraction of sp³-hybridized carbons (Fsp3) is 0.241. The number of rotatable bonds is 7. The Hall–Kier alpha value is -4.27. The van der Waals surface area contributed by atoms with Crippen molar-refractivity contribution in [2.45, 2.75) is 36.5 Å². The molecule has 0 aliphatic carbocycles. The van der Waals surface area contributed by atoms with Crippen molar-refractivity contribution in [3.05, 3.63) is 84.7 Å². The van der Waals surface area contributed by atoms with Crippen molar-refractivity contribution in [1.29, 1.82) is 5.26 Å². The molecule has 4 aromatic rings. The normalized spacial score (nSPS) is 19.0. The summed E-state index contributed by atoms with van der Waals surface area (Å²) in [4.78, 5) is 15.0. The van der Waals surface area contributed by atoms with E-state index in [2.05, 4.69) is 50.7 Å². The molecule has 2 N–H and O–H groups in total. The summed E-state index contributed by atoms with van der Waals surface area (Å²) in [7, 11) is 0. The van der Waals surface area contributed by atoms with E-state index >= 15 is 0 Å². The van der Waals surface area contributed by atoms with Gasteiger partial charge in [-0.25, -0.2) is 9.67 Å². The molecule has 7 rings (SSSR count). The summed E-state index contributed by atoms with van der Waals surface area (Å²) in [5.74, 6) is 0.885. The molecule has 3 aliphatic heterocycles. The lowest BCUT2D eigenvalue weighted by Gasteiger charge is -2.56. The predicted molar refractivity (Wildman–Crippen MR) is 151 cm³/mol. The second-order valence-electron chi connectivity index (χ2n) is 9.99. The second kappa shape index (κ2) is 10.7. The van der Waals surface area contributed by atoms with Crippen LogP contribution in [0.15, 0.2) is 78.3 Å². The molecule has 11 heteroatoms. The van der Waals surface area contributed by atoms with Gasteiger partial charge < -0.3 is 10.6 Å². The van der Waals surface area contributed by atoms with E-state index in [4.69, 9.17) is 10.7 Å². The molecule has 8 nitrogen and oxygen atoms in total. The van der Waals surface area contributed by atoms with Gasteiger partial charge in [0, 0.05) is 83.7 Å². The number of hydrogen-bond acceptors (Lipinski definition) is 8. The number of fused-ring (bicyclic) bond motifs is 2. The highest BCUT2D eigenvalue weighted by Crippen LogP contribution is 2.37. The third-order valence-electron chi connectivity index (χ3n) is 7.59. The van der Waals surface area contributed by atoms with Crippen LogP contribution in [0.4, 0.5) is 14.6 Å². The first-order chi connectivity index (χ1) is 19.4. The molecule has 202 valence electrons. The number of aromatic nitrogens is 4. The number of nitriles is 1. The van der Waals surface area contributed by atoms with Crippen molar-refractivity contribution in [3.63, 3.8) is 0 Å². The van der Waals surface area contributed by atoms with Crippen LogP contribution >= 0.6 is 12.6 Å². The SMILES string of the molecule is N#CC(=CN)c1ncc(-c2cnn(C(F)F)c2)cc1-c1ccc(N2CC3CC(C2)N3Cc2ccc(S)cc2)nc1. The first-order valence-corrected chi connectivity index (χ1v) is 13.3. The maximum atomic E-state index is 13.1. The highest BCUT2D eigenvalue weighted by Gasteiger charge is 2.44. The number of piperazine rings is 1. The average molecular weight is 557 g/mol. The molecule has 0 spiro atoms. The molecule has 0 saturated carbocycles. The molecule has 6 heterocycles. The van der Waals surface area contributed by atoms with E-state index in [1.807, 2.05) is 24.3 Å². The minimum atomic E-state index is -2.74. The van der Waals surface area contributed by atoms with Crippen LogP contribution in [0.25, 0.3) is 27.8 Å². The lowest BCUT2D eigenvalue weighted by atomic mass is 9.86. The van der Waals surface area contributed by atoms with Gasteiger partial charge in [-0.15, -0.1) is 12.6 Å². The highest BCUT2D eigenvalue weighted by molar-refractivity contribution is 7.80. The monoisotopic (exact) mass is 556 g/mol. The molecule has 3 aliphatic rings. The van der Waals surface area contributed by atoms with E-state index < -0.39 is 6.55 Å². The summed E-state index contributed by atoms with van der Waals surface area (Å²) in [6, 6.07) is 17.1. The van der Waals surface area contributed by atoms with Crippen LogP contribution in [0.2, 0.25) is 0 Å². The molecule has 3 fully saturated rings. The second-order valence-corrected chi connectivity index (χ2v) is 10.5. The van der Waals surface area contributed by atoms with Gasteiger partial charge in [0.15, 0.2) is 0 Å². The minimum absolute atomic E-state index is 0.203. The molecule has 40 heavy (non-hydrogen) atoms. The van der Waals surface area contributed by atoms with Gasteiger partial charge >= 0.3 is 6.55 Å². The van der Waals surface area contributed by atoms with Crippen molar-refractivity contribution >= 4 is 24.0 Å². The number of alkyl halides is 2. The van der Waals surface area contributed by atoms with E-state index in [0.29, 0.717) is 39.1 Å². The van der Waals surface area contributed by atoms with Gasteiger partial charge in [0.05, 0.1) is 17.5 Å². The van der Waals surface area contributed by atoms with Crippen LogP contribution < -0.4 is 10.6 Å². The van der Waals surface area contributed by atoms with Gasteiger partial charge in [-0.1, -0.05) is 12.1 Å². The van der Waals surface area contributed by atoms with Crippen molar-refractivity contribution < 1.29 is 8.78 Å². The molecular formula is C29H26F2N8S. The number of nitrogens with zero attached hydrogens (tertiary/aromatic N) is 7. The molecule has 3 saturated heterocycles. The number of piperidine rings is 1. The molecule has 2 atom stereocenters.